The van der Waals surface area contributed by atoms with Crippen molar-refractivity contribution in [3.63, 3.8) is 0 Å². The van der Waals surface area contributed by atoms with Crippen LogP contribution in [0.15, 0.2) is 18.2 Å². The van der Waals surface area contributed by atoms with Gasteiger partial charge in [-0.15, -0.1) is 0 Å². The van der Waals surface area contributed by atoms with E-state index in [2.05, 4.69) is 11.8 Å². The van der Waals surface area contributed by atoms with Gasteiger partial charge in [-0.2, -0.15) is 0 Å². The molecule has 0 radical (unpaired) electrons. The predicted molar refractivity (Wildman–Crippen MR) is 84.3 cm³/mol. The summed E-state index contributed by atoms with van der Waals surface area (Å²) in [6, 6.07) is 5.81. The number of hydrogen-bond acceptors (Lipinski definition) is 3. The van der Waals surface area contributed by atoms with Crippen LogP contribution in [0.1, 0.15) is 38.2 Å². The maximum Gasteiger partial charge on any atom is 0.123 e. The summed E-state index contributed by atoms with van der Waals surface area (Å²) in [7, 11) is 1.71. The SMILES string of the molecule is CCN(Cc1cc(Cl)ccc1OC)C1(CN)CCCC1. The smallest absolute Gasteiger partial charge is 0.123 e. The first-order valence-corrected chi connectivity index (χ1v) is 7.80. The van der Waals surface area contributed by atoms with Gasteiger partial charge in [-0.05, 0) is 37.6 Å². The fourth-order valence-corrected chi connectivity index (χ4v) is 3.57. The molecule has 0 bridgehead atoms. The van der Waals surface area contributed by atoms with Gasteiger partial charge in [0.05, 0.1) is 7.11 Å². The van der Waals surface area contributed by atoms with Gasteiger partial charge in [0.15, 0.2) is 0 Å². The lowest BCUT2D eigenvalue weighted by atomic mass is 9.94. The van der Waals surface area contributed by atoms with Gasteiger partial charge in [-0.25, -0.2) is 0 Å². The maximum absolute atomic E-state index is 6.13. The van der Waals surface area contributed by atoms with Crippen molar-refractivity contribution >= 4 is 11.6 Å². The van der Waals surface area contributed by atoms with Crippen LogP contribution in [-0.2, 0) is 6.54 Å². The second-order valence-corrected chi connectivity index (χ2v) is 6.04. The van der Waals surface area contributed by atoms with Gasteiger partial charge < -0.3 is 10.5 Å². The van der Waals surface area contributed by atoms with Crippen LogP contribution in [0.5, 0.6) is 5.75 Å². The normalized spacial score (nSPS) is 17.6. The molecule has 0 heterocycles. The molecule has 0 unspecified atom stereocenters. The molecule has 3 nitrogen and oxygen atoms in total. The average Bonchev–Trinajstić information content (AvgIpc) is 2.95. The fraction of sp³-hybridized carbons (Fsp3) is 0.625. The molecule has 1 aromatic rings. The number of nitrogens with zero attached hydrogens (tertiary/aromatic N) is 1. The minimum atomic E-state index is 0.155. The van der Waals surface area contributed by atoms with E-state index in [1.807, 2.05) is 18.2 Å². The summed E-state index contributed by atoms with van der Waals surface area (Å²) in [4.78, 5) is 2.49. The quantitative estimate of drug-likeness (QED) is 0.874. The summed E-state index contributed by atoms with van der Waals surface area (Å²) in [5.41, 5.74) is 7.40. The van der Waals surface area contributed by atoms with Crippen molar-refractivity contribution in [2.45, 2.75) is 44.7 Å². The molecule has 2 N–H and O–H groups in total. The Morgan fingerprint density at radius 3 is 2.60 bits per heavy atom. The van der Waals surface area contributed by atoms with E-state index in [0.29, 0.717) is 0 Å². The minimum Gasteiger partial charge on any atom is -0.496 e. The molecule has 1 aliphatic carbocycles. The molecule has 1 fully saturated rings. The number of benzene rings is 1. The third-order valence-corrected chi connectivity index (χ3v) is 4.81. The number of ether oxygens (including phenoxy) is 1. The van der Waals surface area contributed by atoms with Crippen molar-refractivity contribution in [1.82, 2.24) is 4.90 Å². The van der Waals surface area contributed by atoms with E-state index in [4.69, 9.17) is 22.1 Å². The van der Waals surface area contributed by atoms with Crippen LogP contribution in [-0.4, -0.2) is 30.6 Å². The van der Waals surface area contributed by atoms with E-state index in [1.165, 1.54) is 25.7 Å². The van der Waals surface area contributed by atoms with Gasteiger partial charge >= 0.3 is 0 Å². The van der Waals surface area contributed by atoms with E-state index in [0.717, 1.165) is 36.0 Å². The Balaban J connectivity index is 2.23. The lowest BCUT2D eigenvalue weighted by Gasteiger charge is -2.40. The summed E-state index contributed by atoms with van der Waals surface area (Å²) < 4.78 is 5.46. The second-order valence-electron chi connectivity index (χ2n) is 5.61. The van der Waals surface area contributed by atoms with Crippen molar-refractivity contribution in [2.75, 3.05) is 20.2 Å². The number of likely N-dealkylation sites (N-methyl/N-ethyl adjacent to an activating group) is 1. The van der Waals surface area contributed by atoms with Crippen LogP contribution in [0.3, 0.4) is 0 Å². The number of nitrogens with two attached hydrogens (primary N) is 1. The third kappa shape index (κ3) is 3.11. The molecule has 2 rings (SSSR count). The van der Waals surface area contributed by atoms with E-state index in [1.54, 1.807) is 7.11 Å². The van der Waals surface area contributed by atoms with Gasteiger partial charge in [-0.1, -0.05) is 31.4 Å². The van der Waals surface area contributed by atoms with Crippen LogP contribution >= 0.6 is 11.6 Å². The molecule has 0 amide bonds. The highest BCUT2D eigenvalue weighted by atomic mass is 35.5. The van der Waals surface area contributed by atoms with Crippen molar-refractivity contribution in [1.29, 1.82) is 0 Å². The van der Waals surface area contributed by atoms with Crippen molar-refractivity contribution < 1.29 is 4.74 Å². The Hall–Kier alpha value is -0.770. The highest BCUT2D eigenvalue weighted by Crippen LogP contribution is 2.36. The van der Waals surface area contributed by atoms with Crippen molar-refractivity contribution in [2.24, 2.45) is 5.73 Å². The van der Waals surface area contributed by atoms with Gasteiger partial charge in [0, 0.05) is 29.2 Å². The molecule has 0 atom stereocenters. The molecule has 0 spiro atoms. The Bertz CT molecular complexity index is 444. The zero-order valence-corrected chi connectivity index (χ0v) is 13.2. The number of hydrogen-bond donors (Lipinski definition) is 1. The van der Waals surface area contributed by atoms with Crippen LogP contribution in [0, 0.1) is 0 Å². The van der Waals surface area contributed by atoms with Crippen molar-refractivity contribution in [3.05, 3.63) is 28.8 Å². The highest BCUT2D eigenvalue weighted by molar-refractivity contribution is 6.30. The fourth-order valence-electron chi connectivity index (χ4n) is 3.37. The number of rotatable bonds is 6. The summed E-state index contributed by atoms with van der Waals surface area (Å²) in [6.45, 7) is 4.76. The minimum absolute atomic E-state index is 0.155. The maximum atomic E-state index is 6.13. The Labute approximate surface area is 127 Å². The summed E-state index contributed by atoms with van der Waals surface area (Å²) in [5, 5.41) is 0.755. The second kappa shape index (κ2) is 6.79. The van der Waals surface area contributed by atoms with Gasteiger partial charge in [0.25, 0.3) is 0 Å². The molecular formula is C16H25ClN2O. The monoisotopic (exact) mass is 296 g/mol. The van der Waals surface area contributed by atoms with E-state index < -0.39 is 0 Å². The molecule has 20 heavy (non-hydrogen) atoms. The molecule has 1 saturated carbocycles. The van der Waals surface area contributed by atoms with Crippen molar-refractivity contribution in [3.8, 4) is 5.75 Å². The largest absolute Gasteiger partial charge is 0.496 e. The van der Waals surface area contributed by atoms with Crippen LogP contribution in [0.2, 0.25) is 5.02 Å². The first-order chi connectivity index (χ1) is 9.65. The summed E-state index contributed by atoms with van der Waals surface area (Å²) in [6.07, 6.45) is 4.95. The molecule has 1 aliphatic rings. The number of halogens is 1. The standard InChI is InChI=1S/C16H25ClN2O/c1-3-19(16(12-18)8-4-5-9-16)11-13-10-14(17)6-7-15(13)20-2/h6-7,10H,3-5,8-9,11-12,18H2,1-2H3. The Morgan fingerprint density at radius 1 is 1.35 bits per heavy atom. The predicted octanol–water partition coefficient (Wildman–Crippen LogP) is 3.44. The lowest BCUT2D eigenvalue weighted by molar-refractivity contribution is 0.0961. The lowest BCUT2D eigenvalue weighted by Crippen LogP contribution is -2.51. The van der Waals surface area contributed by atoms with Gasteiger partial charge in [-0.3, -0.25) is 4.90 Å². The molecular weight excluding hydrogens is 272 g/mol. The Kier molecular flexibility index (Phi) is 5.30. The van der Waals surface area contributed by atoms with Gasteiger partial charge in [0.2, 0.25) is 0 Å². The summed E-state index contributed by atoms with van der Waals surface area (Å²) >= 11 is 6.13. The van der Waals surface area contributed by atoms with Crippen LogP contribution < -0.4 is 10.5 Å². The molecule has 0 aromatic heterocycles. The van der Waals surface area contributed by atoms with Gasteiger partial charge in [0.1, 0.15) is 5.75 Å². The molecule has 0 aliphatic heterocycles. The Morgan fingerprint density at radius 2 is 2.05 bits per heavy atom. The first kappa shape index (κ1) is 15.6. The zero-order chi connectivity index (χ0) is 14.6. The molecule has 1 aromatic carbocycles. The van der Waals surface area contributed by atoms with E-state index >= 15 is 0 Å². The number of methoxy groups -OCH3 is 1. The molecule has 0 saturated heterocycles. The van der Waals surface area contributed by atoms with Crippen LogP contribution in [0.4, 0.5) is 0 Å². The molecule has 112 valence electrons. The summed E-state index contributed by atoms with van der Waals surface area (Å²) in [5.74, 6) is 0.901. The van der Waals surface area contributed by atoms with E-state index in [9.17, 15) is 0 Å². The molecule has 4 heteroatoms. The van der Waals surface area contributed by atoms with Crippen LogP contribution in [0.25, 0.3) is 0 Å². The first-order valence-electron chi connectivity index (χ1n) is 7.43. The van der Waals surface area contributed by atoms with E-state index in [-0.39, 0.29) is 5.54 Å². The zero-order valence-electron chi connectivity index (χ0n) is 12.5. The highest BCUT2D eigenvalue weighted by Gasteiger charge is 2.37. The third-order valence-electron chi connectivity index (χ3n) is 4.57. The topological polar surface area (TPSA) is 38.5 Å². The average molecular weight is 297 g/mol.